The summed E-state index contributed by atoms with van der Waals surface area (Å²) in [5, 5.41) is 18.3. The van der Waals surface area contributed by atoms with Crippen LogP contribution in [0.1, 0.15) is 0 Å². The van der Waals surface area contributed by atoms with Crippen LogP contribution in [0.5, 0.6) is 0 Å². The first-order chi connectivity index (χ1) is 4.95. The van der Waals surface area contributed by atoms with Gasteiger partial charge in [-0.1, -0.05) is 0 Å². The van der Waals surface area contributed by atoms with Crippen molar-refractivity contribution >= 4 is 5.97 Å². The first-order valence-electron chi connectivity index (χ1n) is 2.71. The summed E-state index contributed by atoms with van der Waals surface area (Å²) in [6.07, 6.45) is 0.933. The van der Waals surface area contributed by atoms with E-state index in [2.05, 4.69) is 0 Å². The van der Waals surface area contributed by atoms with Crippen molar-refractivity contribution in [2.75, 3.05) is 14.1 Å². The zero-order valence-corrected chi connectivity index (χ0v) is 6.14. The standard InChI is InChI=1S/C5H8N2O4/c1-6(2)3-4(5(8)9)7(10)11/h3H,1-2H3,(H,8,9)/b4-3-. The SMILES string of the molecule is CN(C)/C=C(/C(=O)O)[N+](=O)[O-]. The van der Waals surface area contributed by atoms with Crippen molar-refractivity contribution in [2.45, 2.75) is 0 Å². The molecule has 6 nitrogen and oxygen atoms in total. The molecule has 0 aliphatic rings. The van der Waals surface area contributed by atoms with Gasteiger partial charge >= 0.3 is 11.7 Å². The second kappa shape index (κ2) is 3.55. The Bertz CT molecular complexity index is 193. The van der Waals surface area contributed by atoms with Crippen LogP contribution in [0.2, 0.25) is 0 Å². The fourth-order valence-corrected chi connectivity index (χ4v) is 0.425. The minimum absolute atomic E-state index is 0.838. The minimum Gasteiger partial charge on any atom is -0.473 e. The van der Waals surface area contributed by atoms with Crippen LogP contribution in [0.15, 0.2) is 11.9 Å². The van der Waals surface area contributed by atoms with Crippen LogP contribution < -0.4 is 0 Å². The fraction of sp³-hybridized carbons (Fsp3) is 0.400. The number of carbonyl (C=O) groups is 1. The quantitative estimate of drug-likeness (QED) is 0.349. The number of hydrogen-bond acceptors (Lipinski definition) is 4. The van der Waals surface area contributed by atoms with Gasteiger partial charge in [-0.2, -0.15) is 0 Å². The summed E-state index contributed by atoms with van der Waals surface area (Å²) in [4.78, 5) is 20.5. The van der Waals surface area contributed by atoms with E-state index in [9.17, 15) is 14.9 Å². The van der Waals surface area contributed by atoms with Crippen molar-refractivity contribution in [3.05, 3.63) is 22.0 Å². The molecule has 0 fully saturated rings. The summed E-state index contributed by atoms with van der Waals surface area (Å²) in [7, 11) is 3.01. The van der Waals surface area contributed by atoms with Crippen LogP contribution in [-0.4, -0.2) is 35.0 Å². The van der Waals surface area contributed by atoms with E-state index < -0.39 is 16.6 Å². The molecule has 0 atom stereocenters. The maximum Gasteiger partial charge on any atom is 0.409 e. The van der Waals surface area contributed by atoms with Gasteiger partial charge in [0.2, 0.25) is 0 Å². The average molecular weight is 160 g/mol. The van der Waals surface area contributed by atoms with Crippen LogP contribution >= 0.6 is 0 Å². The fourth-order valence-electron chi connectivity index (χ4n) is 0.425. The van der Waals surface area contributed by atoms with E-state index in [0.29, 0.717) is 0 Å². The first-order valence-corrected chi connectivity index (χ1v) is 2.71. The van der Waals surface area contributed by atoms with Crippen molar-refractivity contribution in [1.82, 2.24) is 4.90 Å². The highest BCUT2D eigenvalue weighted by Gasteiger charge is 2.20. The number of carboxylic acids is 1. The Hall–Kier alpha value is -1.59. The summed E-state index contributed by atoms with van der Waals surface area (Å²) in [5.41, 5.74) is -0.838. The molecular weight excluding hydrogens is 152 g/mol. The van der Waals surface area contributed by atoms with Gasteiger partial charge in [0.25, 0.3) is 0 Å². The lowest BCUT2D eigenvalue weighted by molar-refractivity contribution is -0.421. The van der Waals surface area contributed by atoms with Gasteiger partial charge in [-0.05, 0) is 0 Å². The second-order valence-electron chi connectivity index (χ2n) is 2.04. The lowest BCUT2D eigenvalue weighted by Gasteiger charge is -2.01. The van der Waals surface area contributed by atoms with Gasteiger partial charge < -0.3 is 10.0 Å². The summed E-state index contributed by atoms with van der Waals surface area (Å²) in [6.45, 7) is 0. The van der Waals surface area contributed by atoms with E-state index in [1.54, 1.807) is 0 Å². The predicted molar refractivity (Wildman–Crippen MR) is 36.4 cm³/mol. The largest absolute Gasteiger partial charge is 0.473 e. The molecule has 0 bridgehead atoms. The third kappa shape index (κ3) is 3.19. The van der Waals surface area contributed by atoms with Crippen molar-refractivity contribution in [2.24, 2.45) is 0 Å². The van der Waals surface area contributed by atoms with Gasteiger partial charge in [0.15, 0.2) is 0 Å². The third-order valence-corrected chi connectivity index (χ3v) is 0.796. The Kier molecular flexibility index (Phi) is 3.03. The molecule has 0 spiro atoms. The van der Waals surface area contributed by atoms with E-state index >= 15 is 0 Å². The van der Waals surface area contributed by atoms with Crippen molar-refractivity contribution in [3.8, 4) is 0 Å². The molecule has 0 amide bonds. The van der Waals surface area contributed by atoms with Crippen LogP contribution in [0.4, 0.5) is 0 Å². The molecule has 6 heteroatoms. The summed E-state index contributed by atoms with van der Waals surface area (Å²) in [5.74, 6) is -1.54. The normalized spacial score (nSPS) is 10.9. The van der Waals surface area contributed by atoms with Crippen molar-refractivity contribution in [3.63, 3.8) is 0 Å². The van der Waals surface area contributed by atoms with E-state index in [4.69, 9.17) is 5.11 Å². The molecule has 0 aromatic carbocycles. The molecule has 0 heterocycles. The number of hydrogen-bond donors (Lipinski definition) is 1. The monoisotopic (exact) mass is 160 g/mol. The zero-order valence-electron chi connectivity index (χ0n) is 6.14. The Morgan fingerprint density at radius 2 is 2.09 bits per heavy atom. The molecule has 0 aliphatic carbocycles. The Labute approximate surface area is 62.9 Å². The molecule has 0 rings (SSSR count). The van der Waals surface area contributed by atoms with E-state index in [1.807, 2.05) is 0 Å². The molecule has 0 saturated heterocycles. The van der Waals surface area contributed by atoms with Crippen LogP contribution in [0.25, 0.3) is 0 Å². The summed E-state index contributed by atoms with van der Waals surface area (Å²) in [6, 6.07) is 0. The second-order valence-corrected chi connectivity index (χ2v) is 2.04. The highest BCUT2D eigenvalue weighted by molar-refractivity contribution is 5.83. The molecule has 0 saturated carbocycles. The molecular formula is C5H8N2O4. The highest BCUT2D eigenvalue weighted by atomic mass is 16.6. The maximum absolute atomic E-state index is 10.1. The van der Waals surface area contributed by atoms with Crippen LogP contribution in [0, 0.1) is 10.1 Å². The predicted octanol–water partition coefficient (Wildman–Crippen LogP) is -0.249. The highest BCUT2D eigenvalue weighted by Crippen LogP contribution is 1.95. The number of nitro groups is 1. The van der Waals surface area contributed by atoms with Crippen LogP contribution in [-0.2, 0) is 4.79 Å². The lowest BCUT2D eigenvalue weighted by Crippen LogP contribution is -2.14. The van der Waals surface area contributed by atoms with Crippen molar-refractivity contribution < 1.29 is 14.8 Å². The van der Waals surface area contributed by atoms with Gasteiger partial charge in [0, 0.05) is 14.1 Å². The van der Waals surface area contributed by atoms with Gasteiger partial charge in [-0.3, -0.25) is 10.1 Å². The smallest absolute Gasteiger partial charge is 0.409 e. The van der Waals surface area contributed by atoms with Gasteiger partial charge in [-0.15, -0.1) is 0 Å². The van der Waals surface area contributed by atoms with Gasteiger partial charge in [-0.25, -0.2) is 4.79 Å². The van der Waals surface area contributed by atoms with Gasteiger partial charge in [0.1, 0.15) is 0 Å². The molecule has 0 radical (unpaired) electrons. The van der Waals surface area contributed by atoms with Crippen molar-refractivity contribution in [1.29, 1.82) is 0 Å². The third-order valence-electron chi connectivity index (χ3n) is 0.796. The number of carboxylic acid groups (broad SMARTS) is 1. The minimum atomic E-state index is -1.54. The van der Waals surface area contributed by atoms with Crippen LogP contribution in [0.3, 0.4) is 0 Å². The Morgan fingerprint density at radius 1 is 1.64 bits per heavy atom. The number of nitrogens with zero attached hydrogens (tertiary/aromatic N) is 2. The number of rotatable bonds is 3. The summed E-state index contributed by atoms with van der Waals surface area (Å²) < 4.78 is 0. The zero-order chi connectivity index (χ0) is 9.02. The lowest BCUT2D eigenvalue weighted by atomic mass is 10.5. The molecule has 11 heavy (non-hydrogen) atoms. The average Bonchev–Trinajstić information content (AvgIpc) is 1.81. The van der Waals surface area contributed by atoms with E-state index in [1.165, 1.54) is 19.0 Å². The molecule has 1 N–H and O–H groups in total. The molecule has 0 aromatic rings. The molecule has 0 aromatic heterocycles. The molecule has 62 valence electrons. The first kappa shape index (κ1) is 9.41. The van der Waals surface area contributed by atoms with E-state index in [-0.39, 0.29) is 0 Å². The Morgan fingerprint density at radius 3 is 2.18 bits per heavy atom. The van der Waals surface area contributed by atoms with Gasteiger partial charge in [0.05, 0.1) is 11.1 Å². The molecule has 0 unspecified atom stereocenters. The maximum atomic E-state index is 10.1. The number of aliphatic carboxylic acids is 1. The topological polar surface area (TPSA) is 83.7 Å². The molecule has 0 aliphatic heterocycles. The Balaban J connectivity index is 4.60. The van der Waals surface area contributed by atoms with E-state index in [0.717, 1.165) is 6.20 Å². The summed E-state index contributed by atoms with van der Waals surface area (Å²) >= 11 is 0.